The van der Waals surface area contributed by atoms with Crippen molar-refractivity contribution >= 4 is 22.7 Å². The lowest BCUT2D eigenvalue weighted by atomic mass is 10.2. The van der Waals surface area contributed by atoms with Crippen molar-refractivity contribution in [2.24, 2.45) is 0 Å². The molecular weight excluding hydrogens is 172 g/mol. The number of benzene rings is 2. The van der Waals surface area contributed by atoms with Crippen molar-refractivity contribution in [2.45, 2.75) is 0 Å². The van der Waals surface area contributed by atoms with Crippen molar-refractivity contribution in [3.05, 3.63) is 48.5 Å². The topological polar surface area (TPSA) is 24.1 Å². The van der Waals surface area contributed by atoms with Crippen LogP contribution < -0.4 is 10.6 Å². The molecule has 0 fully saturated rings. The first-order valence-corrected chi connectivity index (χ1v) is 4.64. The van der Waals surface area contributed by atoms with Crippen LogP contribution in [0.15, 0.2) is 48.5 Å². The van der Waals surface area contributed by atoms with Crippen LogP contribution in [0, 0.1) is 0 Å². The maximum Gasteiger partial charge on any atom is 0.0385 e. The van der Waals surface area contributed by atoms with Crippen LogP contribution in [0.25, 0.3) is 0 Å². The largest absolute Gasteiger partial charge is 0.356 e. The molecule has 68 valence electrons. The van der Waals surface area contributed by atoms with Crippen molar-refractivity contribution < 1.29 is 0 Å². The summed E-state index contributed by atoms with van der Waals surface area (Å²) in [4.78, 5) is 0. The molecule has 0 atom stereocenters. The van der Waals surface area contributed by atoms with Gasteiger partial charge >= 0.3 is 0 Å². The molecule has 4 aliphatic rings. The molecule has 6 rings (SSSR count). The standard InChI is InChI=1S/C12H10N2/c1-2-10-4-3-9(1)13-11-5-7-12(14-10)8-6-11/h1-8,13-14H. The number of rotatable bonds is 0. The predicted molar refractivity (Wildman–Crippen MR) is 59.4 cm³/mol. The van der Waals surface area contributed by atoms with E-state index in [1.54, 1.807) is 0 Å². The van der Waals surface area contributed by atoms with Gasteiger partial charge in [-0.3, -0.25) is 0 Å². The fourth-order valence-corrected chi connectivity index (χ4v) is 1.61. The van der Waals surface area contributed by atoms with Crippen LogP contribution in [0.1, 0.15) is 0 Å². The summed E-state index contributed by atoms with van der Waals surface area (Å²) in [5.74, 6) is 0. The summed E-state index contributed by atoms with van der Waals surface area (Å²) < 4.78 is 0. The van der Waals surface area contributed by atoms with Crippen molar-refractivity contribution in [1.82, 2.24) is 0 Å². The first-order valence-electron chi connectivity index (χ1n) is 4.64. The van der Waals surface area contributed by atoms with Gasteiger partial charge in [-0.05, 0) is 48.5 Å². The van der Waals surface area contributed by atoms with E-state index < -0.39 is 0 Å². The molecule has 0 saturated carbocycles. The van der Waals surface area contributed by atoms with Gasteiger partial charge < -0.3 is 10.6 Å². The van der Waals surface area contributed by atoms with E-state index in [1.807, 2.05) is 0 Å². The minimum atomic E-state index is 1.12. The van der Waals surface area contributed by atoms with Gasteiger partial charge in [0.15, 0.2) is 0 Å². The van der Waals surface area contributed by atoms with E-state index in [9.17, 15) is 0 Å². The second-order valence-electron chi connectivity index (χ2n) is 3.40. The van der Waals surface area contributed by atoms with Gasteiger partial charge in [0.25, 0.3) is 0 Å². The zero-order valence-electron chi connectivity index (χ0n) is 7.62. The average molecular weight is 182 g/mol. The lowest BCUT2D eigenvalue weighted by molar-refractivity contribution is 1.48. The molecule has 2 heteroatoms. The van der Waals surface area contributed by atoms with Crippen molar-refractivity contribution in [1.29, 1.82) is 0 Å². The Balaban J connectivity index is 2.19. The summed E-state index contributed by atoms with van der Waals surface area (Å²) in [5.41, 5.74) is 4.46. The van der Waals surface area contributed by atoms with Gasteiger partial charge in [-0.15, -0.1) is 0 Å². The van der Waals surface area contributed by atoms with E-state index in [0.29, 0.717) is 0 Å². The van der Waals surface area contributed by atoms with Crippen molar-refractivity contribution in [3.63, 3.8) is 0 Å². The summed E-state index contributed by atoms with van der Waals surface area (Å²) in [7, 11) is 0. The third-order valence-corrected chi connectivity index (χ3v) is 2.35. The quantitative estimate of drug-likeness (QED) is 0.556. The Labute approximate surface area is 82.6 Å². The zero-order valence-corrected chi connectivity index (χ0v) is 7.62. The summed E-state index contributed by atoms with van der Waals surface area (Å²) in [5, 5.41) is 6.66. The monoisotopic (exact) mass is 182 g/mol. The highest BCUT2D eigenvalue weighted by Crippen LogP contribution is 2.25. The second-order valence-corrected chi connectivity index (χ2v) is 3.40. The smallest absolute Gasteiger partial charge is 0.0385 e. The van der Waals surface area contributed by atoms with Crippen molar-refractivity contribution in [2.75, 3.05) is 10.6 Å². The van der Waals surface area contributed by atoms with Crippen LogP contribution in [0.3, 0.4) is 0 Å². The lowest BCUT2D eigenvalue weighted by Gasteiger charge is -2.13. The maximum absolute atomic E-state index is 3.33. The van der Waals surface area contributed by atoms with Gasteiger partial charge in [-0.2, -0.15) is 0 Å². The Hall–Kier alpha value is -1.96. The Morgan fingerprint density at radius 2 is 0.643 bits per heavy atom. The first-order chi connectivity index (χ1) is 6.90. The van der Waals surface area contributed by atoms with Gasteiger partial charge in [0.2, 0.25) is 0 Å². The Morgan fingerprint density at radius 1 is 0.429 bits per heavy atom. The molecule has 0 radical (unpaired) electrons. The lowest BCUT2D eigenvalue weighted by Crippen LogP contribution is -1.96. The van der Waals surface area contributed by atoms with E-state index >= 15 is 0 Å². The molecular formula is C12H10N2. The molecule has 0 aliphatic carbocycles. The fraction of sp³-hybridized carbons (Fsp3) is 0. The van der Waals surface area contributed by atoms with Gasteiger partial charge in [-0.25, -0.2) is 0 Å². The minimum absolute atomic E-state index is 1.12. The summed E-state index contributed by atoms with van der Waals surface area (Å²) >= 11 is 0. The molecule has 0 amide bonds. The predicted octanol–water partition coefficient (Wildman–Crippen LogP) is 3.49. The maximum atomic E-state index is 3.33. The molecule has 2 aromatic rings. The normalized spacial score (nSPS) is 12.0. The molecule has 0 spiro atoms. The van der Waals surface area contributed by atoms with Crippen LogP contribution in [-0.2, 0) is 0 Å². The highest BCUT2D eigenvalue weighted by atomic mass is 14.9. The van der Waals surface area contributed by atoms with E-state index in [4.69, 9.17) is 0 Å². The highest BCUT2D eigenvalue weighted by Gasteiger charge is 2.00. The van der Waals surface area contributed by atoms with Gasteiger partial charge in [0.1, 0.15) is 0 Å². The zero-order chi connectivity index (χ0) is 9.38. The average Bonchev–Trinajstić information content (AvgIpc) is 2.27. The summed E-state index contributed by atoms with van der Waals surface area (Å²) in [6.07, 6.45) is 0. The highest BCUT2D eigenvalue weighted by molar-refractivity contribution is 5.70. The van der Waals surface area contributed by atoms with Crippen molar-refractivity contribution in [3.8, 4) is 0 Å². The van der Waals surface area contributed by atoms with Crippen LogP contribution in [-0.4, -0.2) is 0 Å². The SMILES string of the molecule is c1cc2ccc1Nc1ccc(cc1)N2. The molecule has 0 aromatic heterocycles. The Bertz CT molecular complexity index is 355. The second kappa shape index (κ2) is 2.77. The first kappa shape index (κ1) is 7.44. The molecule has 0 unspecified atom stereocenters. The van der Waals surface area contributed by atoms with E-state index in [-0.39, 0.29) is 0 Å². The minimum Gasteiger partial charge on any atom is -0.356 e. The number of nitrogens with one attached hydrogen (secondary N) is 2. The molecule has 4 heterocycles. The van der Waals surface area contributed by atoms with Crippen LogP contribution in [0.2, 0.25) is 0 Å². The third-order valence-electron chi connectivity index (χ3n) is 2.35. The van der Waals surface area contributed by atoms with E-state index in [0.717, 1.165) is 22.7 Å². The molecule has 14 heavy (non-hydrogen) atoms. The molecule has 0 saturated heterocycles. The molecule has 2 N–H and O–H groups in total. The van der Waals surface area contributed by atoms with E-state index in [2.05, 4.69) is 59.2 Å². The Kier molecular flexibility index (Phi) is 1.47. The van der Waals surface area contributed by atoms with Gasteiger partial charge in [0, 0.05) is 22.7 Å². The Morgan fingerprint density at radius 3 is 0.857 bits per heavy atom. The number of hydrogen-bond donors (Lipinski definition) is 2. The molecule has 4 aliphatic heterocycles. The van der Waals surface area contributed by atoms with Gasteiger partial charge in [0.05, 0.1) is 0 Å². The molecule has 2 nitrogen and oxygen atoms in total. The van der Waals surface area contributed by atoms with E-state index in [1.165, 1.54) is 0 Å². The summed E-state index contributed by atoms with van der Waals surface area (Å²) in [6.45, 7) is 0. The van der Waals surface area contributed by atoms with Gasteiger partial charge in [-0.1, -0.05) is 0 Å². The molecule has 2 aromatic carbocycles. The summed E-state index contributed by atoms with van der Waals surface area (Å²) in [6, 6.07) is 16.5. The van der Waals surface area contributed by atoms with Crippen LogP contribution in [0.5, 0.6) is 0 Å². The fourth-order valence-electron chi connectivity index (χ4n) is 1.61. The van der Waals surface area contributed by atoms with Crippen LogP contribution in [0.4, 0.5) is 22.7 Å². The van der Waals surface area contributed by atoms with Crippen LogP contribution >= 0.6 is 0 Å². The number of hydrogen-bond acceptors (Lipinski definition) is 2. The molecule has 4 bridgehead atoms. The third kappa shape index (κ3) is 1.21. The number of anilines is 4.